The van der Waals surface area contributed by atoms with Gasteiger partial charge in [-0.15, -0.1) is 11.8 Å². The van der Waals surface area contributed by atoms with Crippen molar-refractivity contribution in [2.45, 2.75) is 16.0 Å². The van der Waals surface area contributed by atoms with Gasteiger partial charge in [0.25, 0.3) is 5.91 Å². The largest absolute Gasteiger partial charge is 0.398 e. The third-order valence-corrected chi connectivity index (χ3v) is 5.79. The Labute approximate surface area is 153 Å². The van der Waals surface area contributed by atoms with Crippen molar-refractivity contribution in [1.82, 2.24) is 4.72 Å². The number of sulfonamides is 1. The lowest BCUT2D eigenvalue weighted by atomic mass is 10.2. The van der Waals surface area contributed by atoms with E-state index in [1.54, 1.807) is 12.1 Å². The van der Waals surface area contributed by atoms with Crippen molar-refractivity contribution in [3.63, 3.8) is 0 Å². The molecule has 0 spiro atoms. The molecule has 0 unspecified atom stereocenters. The van der Waals surface area contributed by atoms with Crippen molar-refractivity contribution in [2.75, 3.05) is 18.1 Å². The Balaban J connectivity index is 2.15. The van der Waals surface area contributed by atoms with E-state index in [0.717, 1.165) is 0 Å². The number of para-hydroxylation sites is 1. The van der Waals surface area contributed by atoms with Gasteiger partial charge in [-0.05, 0) is 43.4 Å². The van der Waals surface area contributed by atoms with Gasteiger partial charge in [-0.25, -0.2) is 13.1 Å². The molecule has 0 saturated heterocycles. The second-order valence-electron chi connectivity index (χ2n) is 5.09. The Morgan fingerprint density at radius 2 is 1.69 bits per heavy atom. The van der Waals surface area contributed by atoms with E-state index in [0.29, 0.717) is 11.8 Å². The molecule has 0 aliphatic carbocycles. The van der Waals surface area contributed by atoms with Gasteiger partial charge in [0.15, 0.2) is 0 Å². The number of anilines is 1. The minimum Gasteiger partial charge on any atom is -0.321 e. The minimum absolute atomic E-state index is 0.00215. The van der Waals surface area contributed by atoms with Gasteiger partial charge in [0.1, 0.15) is 0 Å². The molecule has 0 radical (unpaired) electrons. The summed E-state index contributed by atoms with van der Waals surface area (Å²) in [6.45, 7) is 0. The van der Waals surface area contributed by atoms with Gasteiger partial charge < -0.3 is 5.32 Å². The van der Waals surface area contributed by atoms with Gasteiger partial charge in [-0.1, -0.05) is 12.1 Å². The van der Waals surface area contributed by atoms with Crippen LogP contribution in [0.15, 0.2) is 58.3 Å². The summed E-state index contributed by atoms with van der Waals surface area (Å²) in [5.74, 6) is -1.63. The van der Waals surface area contributed by atoms with Crippen molar-refractivity contribution in [3.8, 4) is 0 Å². The maximum atomic E-state index is 12.4. The Kier molecular flexibility index (Phi) is 6.32. The summed E-state index contributed by atoms with van der Waals surface area (Å²) in [5, 5.41) is 2.54. The number of carbonyl (C=O) groups excluding carboxylic acids is 1. The number of benzene rings is 2. The van der Waals surface area contributed by atoms with Gasteiger partial charge in [0, 0.05) is 10.5 Å². The smallest absolute Gasteiger partial charge is 0.321 e. The van der Waals surface area contributed by atoms with Crippen molar-refractivity contribution >= 4 is 33.4 Å². The number of hydrogen-bond acceptors (Lipinski definition) is 4. The molecule has 0 fully saturated rings. The van der Waals surface area contributed by atoms with E-state index >= 15 is 0 Å². The average Bonchev–Trinajstić information content (AvgIpc) is 2.60. The highest BCUT2D eigenvalue weighted by Crippen LogP contribution is 2.32. The number of thioether (sulfide) groups is 1. The molecule has 26 heavy (non-hydrogen) atoms. The number of rotatable bonds is 6. The van der Waals surface area contributed by atoms with Gasteiger partial charge >= 0.3 is 6.18 Å². The summed E-state index contributed by atoms with van der Waals surface area (Å²) >= 11 is 0.573. The number of halogens is 3. The van der Waals surface area contributed by atoms with Gasteiger partial charge in [-0.2, -0.15) is 13.2 Å². The molecular weight excluding hydrogens is 389 g/mol. The highest BCUT2D eigenvalue weighted by atomic mass is 32.2. The molecule has 0 saturated carbocycles. The summed E-state index contributed by atoms with van der Waals surface area (Å²) in [7, 11) is -2.35. The molecule has 0 heterocycles. The number of carbonyl (C=O) groups is 1. The predicted molar refractivity (Wildman–Crippen MR) is 93.9 cm³/mol. The van der Waals surface area contributed by atoms with E-state index in [-0.39, 0.29) is 21.0 Å². The van der Waals surface area contributed by atoms with Crippen LogP contribution in [0.2, 0.25) is 0 Å². The summed E-state index contributed by atoms with van der Waals surface area (Å²) < 4.78 is 62.7. The van der Waals surface area contributed by atoms with Gasteiger partial charge in [0.2, 0.25) is 10.0 Å². The molecular formula is C16H15F3N2O3S2. The average molecular weight is 404 g/mol. The molecule has 2 rings (SSSR count). The monoisotopic (exact) mass is 404 g/mol. The molecule has 1 amide bonds. The standard InChI is InChI=1S/C16H15F3N2O3S2/c1-20-26(23,24)12-8-6-11(7-9-12)15(22)21-13-4-2-3-5-14(13)25-10-16(17,18)19/h2-9,20H,10H2,1H3,(H,21,22). The number of amides is 1. The Morgan fingerprint density at radius 1 is 1.08 bits per heavy atom. The van der Waals surface area contributed by atoms with Crippen LogP contribution in [0.3, 0.4) is 0 Å². The van der Waals surface area contributed by atoms with Crippen LogP contribution in [0.4, 0.5) is 18.9 Å². The summed E-state index contributed by atoms with van der Waals surface area (Å²) in [6, 6.07) is 11.3. The van der Waals surface area contributed by atoms with Crippen LogP contribution in [0.1, 0.15) is 10.4 Å². The lowest BCUT2D eigenvalue weighted by Gasteiger charge is -2.12. The fourth-order valence-corrected chi connectivity index (χ4v) is 3.45. The molecule has 5 nitrogen and oxygen atoms in total. The molecule has 140 valence electrons. The molecule has 10 heteroatoms. The summed E-state index contributed by atoms with van der Waals surface area (Å²) in [5.41, 5.74) is 0.425. The van der Waals surface area contributed by atoms with Crippen molar-refractivity contribution in [2.24, 2.45) is 0 Å². The molecule has 2 N–H and O–H groups in total. The number of hydrogen-bond donors (Lipinski definition) is 2. The van der Waals surface area contributed by atoms with Gasteiger partial charge in [-0.3, -0.25) is 4.79 Å². The maximum Gasteiger partial charge on any atom is 0.398 e. The van der Waals surface area contributed by atoms with E-state index in [2.05, 4.69) is 10.0 Å². The molecule has 0 aliphatic heterocycles. The van der Waals surface area contributed by atoms with Crippen LogP contribution < -0.4 is 10.0 Å². The van der Waals surface area contributed by atoms with E-state index < -0.39 is 27.9 Å². The first-order valence-electron chi connectivity index (χ1n) is 7.26. The van der Waals surface area contributed by atoms with Crippen LogP contribution in [0.25, 0.3) is 0 Å². The molecule has 2 aromatic carbocycles. The highest BCUT2D eigenvalue weighted by Gasteiger charge is 2.27. The second-order valence-corrected chi connectivity index (χ2v) is 7.99. The number of alkyl halides is 3. The van der Waals surface area contributed by atoms with Crippen molar-refractivity contribution < 1.29 is 26.4 Å². The van der Waals surface area contributed by atoms with Crippen LogP contribution >= 0.6 is 11.8 Å². The van der Waals surface area contributed by atoms with E-state index in [4.69, 9.17) is 0 Å². The zero-order valence-electron chi connectivity index (χ0n) is 13.5. The first-order valence-corrected chi connectivity index (χ1v) is 9.73. The Bertz CT molecular complexity index is 882. The maximum absolute atomic E-state index is 12.4. The highest BCUT2D eigenvalue weighted by molar-refractivity contribution is 7.99. The summed E-state index contributed by atoms with van der Waals surface area (Å²) in [4.78, 5) is 12.6. The lowest BCUT2D eigenvalue weighted by Crippen LogP contribution is -2.19. The third-order valence-electron chi connectivity index (χ3n) is 3.22. The van der Waals surface area contributed by atoms with Crippen LogP contribution in [-0.4, -0.2) is 33.3 Å². The van der Waals surface area contributed by atoms with E-state index in [1.165, 1.54) is 43.4 Å². The zero-order valence-corrected chi connectivity index (χ0v) is 15.1. The lowest BCUT2D eigenvalue weighted by molar-refractivity contribution is -0.105. The molecule has 0 atom stereocenters. The van der Waals surface area contributed by atoms with E-state index in [9.17, 15) is 26.4 Å². The normalized spacial score (nSPS) is 12.0. The predicted octanol–water partition coefficient (Wildman–Crippen LogP) is 3.50. The fraction of sp³-hybridized carbons (Fsp3) is 0.188. The summed E-state index contributed by atoms with van der Waals surface area (Å²) in [6.07, 6.45) is -4.32. The topological polar surface area (TPSA) is 75.3 Å². The molecule has 0 bridgehead atoms. The fourth-order valence-electron chi connectivity index (χ4n) is 1.95. The van der Waals surface area contributed by atoms with Crippen molar-refractivity contribution in [1.29, 1.82) is 0 Å². The van der Waals surface area contributed by atoms with Crippen LogP contribution in [-0.2, 0) is 10.0 Å². The van der Waals surface area contributed by atoms with Crippen LogP contribution in [0.5, 0.6) is 0 Å². The first-order chi connectivity index (χ1) is 12.1. The molecule has 2 aromatic rings. The minimum atomic E-state index is -4.32. The quantitative estimate of drug-likeness (QED) is 0.723. The molecule has 0 aromatic heterocycles. The second kappa shape index (κ2) is 8.11. The SMILES string of the molecule is CNS(=O)(=O)c1ccc(C(=O)Nc2ccccc2SCC(F)(F)F)cc1. The van der Waals surface area contributed by atoms with E-state index in [1.807, 2.05) is 0 Å². The zero-order chi connectivity index (χ0) is 19.4. The number of nitrogens with one attached hydrogen (secondary N) is 2. The first kappa shape index (κ1) is 20.3. The van der Waals surface area contributed by atoms with Gasteiger partial charge in [0.05, 0.1) is 16.3 Å². The Hall–Kier alpha value is -2.04. The van der Waals surface area contributed by atoms with Crippen LogP contribution in [0, 0.1) is 0 Å². The van der Waals surface area contributed by atoms with Crippen molar-refractivity contribution in [3.05, 3.63) is 54.1 Å². The molecule has 0 aliphatic rings. The third kappa shape index (κ3) is 5.48. The Morgan fingerprint density at radius 3 is 2.27 bits per heavy atom.